The standard InChI is InChI=1S/C16H19ClN2OS/c1-11-7-19(8-12(2)20-11)9-15-10-21-16(18-15)13-3-5-14(17)6-4-13/h3-6,10-12H,7-9H2,1-2H3/p+1/t11-,12-/m0/s1. The average Bonchev–Trinajstić information content (AvgIpc) is 2.87. The zero-order valence-corrected chi connectivity index (χ0v) is 13.9. The highest BCUT2D eigenvalue weighted by Crippen LogP contribution is 2.24. The number of morpholine rings is 1. The number of ether oxygens (including phenoxy) is 1. The molecule has 0 unspecified atom stereocenters. The number of hydrogen-bond acceptors (Lipinski definition) is 3. The van der Waals surface area contributed by atoms with E-state index in [2.05, 4.69) is 19.2 Å². The second kappa shape index (κ2) is 6.44. The Kier molecular flexibility index (Phi) is 4.60. The van der Waals surface area contributed by atoms with Gasteiger partial charge in [-0.2, -0.15) is 0 Å². The highest BCUT2D eigenvalue weighted by molar-refractivity contribution is 7.13. The number of nitrogens with one attached hydrogen (secondary N) is 1. The van der Waals surface area contributed by atoms with Crippen LogP contribution >= 0.6 is 22.9 Å². The van der Waals surface area contributed by atoms with Crippen molar-refractivity contribution in [2.75, 3.05) is 13.1 Å². The van der Waals surface area contributed by atoms with Crippen LogP contribution in [0.4, 0.5) is 0 Å². The van der Waals surface area contributed by atoms with Gasteiger partial charge in [0.15, 0.2) is 0 Å². The number of nitrogens with zero attached hydrogens (tertiary/aromatic N) is 1. The molecule has 1 aliphatic rings. The summed E-state index contributed by atoms with van der Waals surface area (Å²) >= 11 is 7.63. The van der Waals surface area contributed by atoms with Crippen molar-refractivity contribution >= 4 is 22.9 Å². The lowest BCUT2D eigenvalue weighted by atomic mass is 10.2. The number of thiazole rings is 1. The van der Waals surface area contributed by atoms with Gasteiger partial charge < -0.3 is 9.64 Å². The summed E-state index contributed by atoms with van der Waals surface area (Å²) < 4.78 is 5.79. The molecule has 1 aromatic carbocycles. The van der Waals surface area contributed by atoms with Gasteiger partial charge in [0.05, 0.1) is 0 Å². The molecule has 2 aromatic rings. The van der Waals surface area contributed by atoms with E-state index in [9.17, 15) is 0 Å². The predicted molar refractivity (Wildman–Crippen MR) is 87.0 cm³/mol. The maximum atomic E-state index is 5.93. The lowest BCUT2D eigenvalue weighted by Gasteiger charge is -2.31. The van der Waals surface area contributed by atoms with Crippen molar-refractivity contribution in [3.8, 4) is 10.6 Å². The van der Waals surface area contributed by atoms with Crippen molar-refractivity contribution in [1.82, 2.24) is 4.98 Å². The van der Waals surface area contributed by atoms with Crippen molar-refractivity contribution in [3.63, 3.8) is 0 Å². The van der Waals surface area contributed by atoms with Crippen molar-refractivity contribution in [1.29, 1.82) is 0 Å². The third kappa shape index (κ3) is 3.83. The van der Waals surface area contributed by atoms with E-state index in [0.717, 1.165) is 35.2 Å². The summed E-state index contributed by atoms with van der Waals surface area (Å²) in [4.78, 5) is 6.32. The van der Waals surface area contributed by atoms with Crippen LogP contribution in [0.5, 0.6) is 0 Å². The van der Waals surface area contributed by atoms with Gasteiger partial charge in [0.25, 0.3) is 0 Å². The molecule has 0 radical (unpaired) electrons. The zero-order valence-electron chi connectivity index (χ0n) is 12.3. The van der Waals surface area contributed by atoms with E-state index < -0.39 is 0 Å². The Labute approximate surface area is 134 Å². The molecule has 3 nitrogen and oxygen atoms in total. The largest absolute Gasteiger partial charge is 0.364 e. The van der Waals surface area contributed by atoms with Gasteiger partial charge in [-0.05, 0) is 26.0 Å². The van der Waals surface area contributed by atoms with Crippen LogP contribution in [0.3, 0.4) is 0 Å². The second-order valence-electron chi connectivity index (χ2n) is 5.74. The first kappa shape index (κ1) is 15.0. The van der Waals surface area contributed by atoms with Gasteiger partial charge in [-0.3, -0.25) is 0 Å². The average molecular weight is 324 g/mol. The molecular weight excluding hydrogens is 304 g/mol. The fraction of sp³-hybridized carbons (Fsp3) is 0.438. The van der Waals surface area contributed by atoms with E-state index in [1.165, 1.54) is 5.69 Å². The van der Waals surface area contributed by atoms with Crippen LogP contribution in [0.15, 0.2) is 29.6 Å². The highest BCUT2D eigenvalue weighted by Gasteiger charge is 2.26. The summed E-state index contributed by atoms with van der Waals surface area (Å²) in [5, 5.41) is 3.99. The van der Waals surface area contributed by atoms with E-state index >= 15 is 0 Å². The van der Waals surface area contributed by atoms with Gasteiger partial charge in [-0.15, -0.1) is 11.3 Å². The van der Waals surface area contributed by atoms with E-state index in [1.807, 2.05) is 24.3 Å². The molecule has 1 aromatic heterocycles. The molecule has 3 rings (SSSR count). The summed E-state index contributed by atoms with van der Waals surface area (Å²) in [6.45, 7) is 7.38. The first-order valence-electron chi connectivity index (χ1n) is 7.29. The number of halogens is 1. The fourth-order valence-electron chi connectivity index (χ4n) is 2.90. The molecule has 2 atom stereocenters. The minimum atomic E-state index is 0.332. The molecule has 1 saturated heterocycles. The maximum Gasteiger partial charge on any atom is 0.123 e. The zero-order chi connectivity index (χ0) is 14.8. The Morgan fingerprint density at radius 3 is 2.57 bits per heavy atom. The maximum absolute atomic E-state index is 5.93. The third-order valence-corrected chi connectivity index (χ3v) is 4.88. The third-order valence-electron chi connectivity index (χ3n) is 3.69. The SMILES string of the molecule is C[C@H]1C[NH+](Cc2csc(-c3ccc(Cl)cc3)n2)C[C@H](C)O1. The van der Waals surface area contributed by atoms with Gasteiger partial charge in [-0.1, -0.05) is 23.7 Å². The monoisotopic (exact) mass is 323 g/mol. The Bertz CT molecular complexity index is 589. The van der Waals surface area contributed by atoms with E-state index in [1.54, 1.807) is 16.2 Å². The molecular formula is C16H20ClN2OS+. The van der Waals surface area contributed by atoms with Gasteiger partial charge in [0, 0.05) is 16.0 Å². The molecule has 0 spiro atoms. The van der Waals surface area contributed by atoms with Crippen LogP contribution < -0.4 is 4.90 Å². The van der Waals surface area contributed by atoms with Crippen LogP contribution in [0.25, 0.3) is 10.6 Å². The first-order chi connectivity index (χ1) is 10.1. The molecule has 1 N–H and O–H groups in total. The molecule has 1 fully saturated rings. The summed E-state index contributed by atoms with van der Waals surface area (Å²) in [6.07, 6.45) is 0.663. The van der Waals surface area contributed by atoms with Crippen molar-refractivity contribution < 1.29 is 9.64 Å². The first-order valence-corrected chi connectivity index (χ1v) is 8.55. The topological polar surface area (TPSA) is 26.6 Å². The van der Waals surface area contributed by atoms with Crippen LogP contribution in [-0.2, 0) is 11.3 Å². The van der Waals surface area contributed by atoms with Gasteiger partial charge in [-0.25, -0.2) is 4.98 Å². The quantitative estimate of drug-likeness (QED) is 0.940. The molecule has 21 heavy (non-hydrogen) atoms. The number of rotatable bonds is 3. The summed E-state index contributed by atoms with van der Waals surface area (Å²) in [6, 6.07) is 7.87. The van der Waals surface area contributed by atoms with E-state index in [-0.39, 0.29) is 0 Å². The molecule has 0 aliphatic carbocycles. The predicted octanol–water partition coefficient (Wildman–Crippen LogP) is 2.66. The minimum absolute atomic E-state index is 0.332. The number of aromatic nitrogens is 1. The molecule has 112 valence electrons. The summed E-state index contributed by atoms with van der Waals surface area (Å²) in [7, 11) is 0. The molecule has 0 saturated carbocycles. The van der Waals surface area contributed by atoms with Crippen LogP contribution in [0, 0.1) is 0 Å². The van der Waals surface area contributed by atoms with Crippen LogP contribution in [-0.4, -0.2) is 30.3 Å². The van der Waals surface area contributed by atoms with Gasteiger partial charge >= 0.3 is 0 Å². The van der Waals surface area contributed by atoms with Crippen molar-refractivity contribution in [2.24, 2.45) is 0 Å². The lowest BCUT2D eigenvalue weighted by Crippen LogP contribution is -3.14. The van der Waals surface area contributed by atoms with E-state index in [0.29, 0.717) is 12.2 Å². The molecule has 5 heteroatoms. The number of quaternary nitrogens is 1. The molecule has 0 amide bonds. The van der Waals surface area contributed by atoms with Gasteiger partial charge in [0.1, 0.15) is 42.5 Å². The number of hydrogen-bond donors (Lipinski definition) is 1. The van der Waals surface area contributed by atoms with Gasteiger partial charge in [0.2, 0.25) is 0 Å². The summed E-state index contributed by atoms with van der Waals surface area (Å²) in [5.41, 5.74) is 2.30. The smallest absolute Gasteiger partial charge is 0.123 e. The molecule has 2 heterocycles. The Hall–Kier alpha value is -0.940. The fourth-order valence-corrected chi connectivity index (χ4v) is 3.85. The van der Waals surface area contributed by atoms with Crippen LogP contribution in [0.2, 0.25) is 5.02 Å². The Morgan fingerprint density at radius 2 is 1.90 bits per heavy atom. The lowest BCUT2D eigenvalue weighted by molar-refractivity contribution is -0.928. The second-order valence-corrected chi connectivity index (χ2v) is 7.04. The molecule has 0 bridgehead atoms. The van der Waals surface area contributed by atoms with Crippen LogP contribution in [0.1, 0.15) is 19.5 Å². The number of benzene rings is 1. The van der Waals surface area contributed by atoms with Crippen molar-refractivity contribution in [3.05, 3.63) is 40.4 Å². The molecule has 1 aliphatic heterocycles. The van der Waals surface area contributed by atoms with E-state index in [4.69, 9.17) is 21.3 Å². The normalized spacial score (nSPS) is 26.0. The Morgan fingerprint density at radius 1 is 1.24 bits per heavy atom. The minimum Gasteiger partial charge on any atom is -0.364 e. The van der Waals surface area contributed by atoms with Crippen molar-refractivity contribution in [2.45, 2.75) is 32.6 Å². The Balaban J connectivity index is 1.69. The highest BCUT2D eigenvalue weighted by atomic mass is 35.5. The summed E-state index contributed by atoms with van der Waals surface area (Å²) in [5.74, 6) is 0.